The van der Waals surface area contributed by atoms with Crippen molar-refractivity contribution in [2.75, 3.05) is 32.8 Å². The molecule has 0 bridgehead atoms. The summed E-state index contributed by atoms with van der Waals surface area (Å²) in [5, 5.41) is 10.3. The molecule has 3 heterocycles. The third-order valence-corrected chi connectivity index (χ3v) is 4.20. The zero-order valence-electron chi connectivity index (χ0n) is 13.3. The van der Waals surface area contributed by atoms with Crippen LogP contribution in [-0.4, -0.2) is 67.6 Å². The van der Waals surface area contributed by atoms with E-state index in [-0.39, 0.29) is 6.54 Å². The minimum absolute atomic E-state index is 0.251. The number of hydrogen-bond acceptors (Lipinski definition) is 6. The second-order valence-electron chi connectivity index (χ2n) is 5.84. The molecule has 1 aliphatic heterocycles. The zero-order valence-corrected chi connectivity index (χ0v) is 13.3. The highest BCUT2D eigenvalue weighted by molar-refractivity contribution is 5.69. The molecule has 0 aromatic carbocycles. The molecule has 23 heavy (non-hydrogen) atoms. The Morgan fingerprint density at radius 1 is 1.22 bits per heavy atom. The maximum absolute atomic E-state index is 12.3. The predicted molar refractivity (Wildman–Crippen MR) is 83.5 cm³/mol. The smallest absolute Gasteiger partial charge is 0.332 e. The van der Waals surface area contributed by atoms with Crippen molar-refractivity contribution in [2.24, 2.45) is 14.1 Å². The van der Waals surface area contributed by atoms with Gasteiger partial charge in [-0.2, -0.15) is 0 Å². The number of aliphatic hydroxyl groups is 1. The van der Waals surface area contributed by atoms with Crippen molar-refractivity contribution in [3.8, 4) is 0 Å². The number of hydrogen-bond donors (Lipinski definition) is 1. The van der Waals surface area contributed by atoms with E-state index in [1.54, 1.807) is 11.6 Å². The van der Waals surface area contributed by atoms with Crippen molar-refractivity contribution in [3.63, 3.8) is 0 Å². The minimum atomic E-state index is -0.632. The lowest BCUT2D eigenvalue weighted by atomic mass is 10.3. The van der Waals surface area contributed by atoms with Crippen molar-refractivity contribution in [1.29, 1.82) is 0 Å². The number of fused-ring (bicyclic) bond motifs is 1. The summed E-state index contributed by atoms with van der Waals surface area (Å²) in [4.78, 5) is 30.5. The SMILES string of the molecule is Cn1c(=O)c2c(ncn2C[C@H](O)CN2CCOCC2)n(C)c1=O. The standard InChI is InChI=1S/C14H21N5O4/c1-16-12-11(13(21)17(2)14(16)22)19(9-15-12)8-10(20)7-18-3-5-23-6-4-18/h9-10,20H,3-8H2,1-2H3/t10-/m1/s1. The molecule has 126 valence electrons. The van der Waals surface area contributed by atoms with Gasteiger partial charge in [0.2, 0.25) is 0 Å². The lowest BCUT2D eigenvalue weighted by Crippen LogP contribution is -2.42. The molecule has 9 heteroatoms. The third-order valence-electron chi connectivity index (χ3n) is 4.20. The largest absolute Gasteiger partial charge is 0.390 e. The van der Waals surface area contributed by atoms with Gasteiger partial charge in [0.25, 0.3) is 5.56 Å². The van der Waals surface area contributed by atoms with E-state index in [4.69, 9.17) is 4.74 Å². The van der Waals surface area contributed by atoms with Gasteiger partial charge in [-0.15, -0.1) is 0 Å². The fourth-order valence-electron chi connectivity index (χ4n) is 2.90. The van der Waals surface area contributed by atoms with Gasteiger partial charge in [-0.05, 0) is 0 Å². The Morgan fingerprint density at radius 2 is 1.91 bits per heavy atom. The summed E-state index contributed by atoms with van der Waals surface area (Å²) < 4.78 is 9.28. The van der Waals surface area contributed by atoms with Crippen LogP contribution in [0.2, 0.25) is 0 Å². The number of β-amino-alcohol motifs (C(OH)–C–C–N with tert-alkyl or cyclic N) is 1. The van der Waals surface area contributed by atoms with Crippen LogP contribution in [0, 0.1) is 0 Å². The fourth-order valence-corrected chi connectivity index (χ4v) is 2.90. The van der Waals surface area contributed by atoms with Gasteiger partial charge in [0, 0.05) is 33.7 Å². The van der Waals surface area contributed by atoms with E-state index >= 15 is 0 Å². The Bertz CT molecular complexity index is 815. The first-order valence-electron chi connectivity index (χ1n) is 7.58. The average Bonchev–Trinajstić information content (AvgIpc) is 2.95. The Morgan fingerprint density at radius 3 is 2.61 bits per heavy atom. The summed E-state index contributed by atoms with van der Waals surface area (Å²) in [5.74, 6) is 0. The van der Waals surface area contributed by atoms with Crippen LogP contribution in [0.25, 0.3) is 11.2 Å². The lowest BCUT2D eigenvalue weighted by molar-refractivity contribution is 0.0117. The van der Waals surface area contributed by atoms with Crippen LogP contribution >= 0.6 is 0 Å². The molecular weight excluding hydrogens is 302 g/mol. The van der Waals surface area contributed by atoms with Crippen LogP contribution in [0.5, 0.6) is 0 Å². The first-order chi connectivity index (χ1) is 11.0. The number of ether oxygens (including phenoxy) is 1. The van der Waals surface area contributed by atoms with Crippen LogP contribution in [-0.2, 0) is 25.4 Å². The summed E-state index contributed by atoms with van der Waals surface area (Å²) in [6, 6.07) is 0. The van der Waals surface area contributed by atoms with Gasteiger partial charge in [-0.1, -0.05) is 0 Å². The summed E-state index contributed by atoms with van der Waals surface area (Å²) in [6.07, 6.45) is 0.862. The number of rotatable bonds is 4. The van der Waals surface area contributed by atoms with E-state index in [1.807, 2.05) is 0 Å². The fraction of sp³-hybridized carbons (Fsp3) is 0.643. The number of nitrogens with zero attached hydrogens (tertiary/aromatic N) is 5. The summed E-state index contributed by atoms with van der Waals surface area (Å²) >= 11 is 0. The van der Waals surface area contributed by atoms with Gasteiger partial charge in [0.1, 0.15) is 0 Å². The molecule has 1 N–H and O–H groups in total. The van der Waals surface area contributed by atoms with Gasteiger partial charge < -0.3 is 14.4 Å². The molecule has 2 aromatic rings. The van der Waals surface area contributed by atoms with E-state index in [1.165, 1.54) is 17.9 Å². The minimum Gasteiger partial charge on any atom is -0.390 e. The number of morpholine rings is 1. The van der Waals surface area contributed by atoms with Crippen molar-refractivity contribution in [3.05, 3.63) is 27.2 Å². The molecule has 0 radical (unpaired) electrons. The molecule has 0 amide bonds. The van der Waals surface area contributed by atoms with Crippen LogP contribution in [0.3, 0.4) is 0 Å². The highest BCUT2D eigenvalue weighted by atomic mass is 16.5. The van der Waals surface area contributed by atoms with Gasteiger partial charge in [-0.25, -0.2) is 9.78 Å². The van der Waals surface area contributed by atoms with E-state index in [0.717, 1.165) is 17.7 Å². The highest BCUT2D eigenvalue weighted by Gasteiger charge is 2.19. The first kappa shape index (κ1) is 15.9. The van der Waals surface area contributed by atoms with Crippen molar-refractivity contribution < 1.29 is 9.84 Å². The number of aryl methyl sites for hydroxylation is 1. The van der Waals surface area contributed by atoms with Gasteiger partial charge in [-0.3, -0.25) is 18.8 Å². The number of aromatic nitrogens is 4. The van der Waals surface area contributed by atoms with Crippen molar-refractivity contribution in [2.45, 2.75) is 12.6 Å². The predicted octanol–water partition coefficient (Wildman–Crippen LogP) is -1.87. The van der Waals surface area contributed by atoms with Gasteiger partial charge in [0.15, 0.2) is 11.2 Å². The topological polar surface area (TPSA) is 94.5 Å². The van der Waals surface area contributed by atoms with E-state index < -0.39 is 17.4 Å². The maximum atomic E-state index is 12.3. The first-order valence-corrected chi connectivity index (χ1v) is 7.58. The molecule has 0 aliphatic carbocycles. The molecule has 1 atom stereocenters. The van der Waals surface area contributed by atoms with E-state index in [9.17, 15) is 14.7 Å². The molecule has 2 aromatic heterocycles. The van der Waals surface area contributed by atoms with Crippen LogP contribution in [0.4, 0.5) is 0 Å². The van der Waals surface area contributed by atoms with E-state index in [0.29, 0.717) is 30.9 Å². The molecule has 0 spiro atoms. The second-order valence-corrected chi connectivity index (χ2v) is 5.84. The molecule has 1 saturated heterocycles. The second kappa shape index (κ2) is 6.26. The number of imidazole rings is 1. The Kier molecular flexibility index (Phi) is 4.33. The van der Waals surface area contributed by atoms with Crippen molar-refractivity contribution >= 4 is 11.2 Å². The summed E-state index contributed by atoms with van der Waals surface area (Å²) in [6.45, 7) is 3.68. The van der Waals surface area contributed by atoms with Crippen LogP contribution < -0.4 is 11.2 Å². The molecule has 0 unspecified atom stereocenters. The van der Waals surface area contributed by atoms with Crippen LogP contribution in [0.15, 0.2) is 15.9 Å². The molecule has 3 rings (SSSR count). The average molecular weight is 323 g/mol. The Labute approximate surface area is 132 Å². The van der Waals surface area contributed by atoms with Gasteiger partial charge in [0.05, 0.1) is 32.2 Å². The summed E-state index contributed by atoms with van der Waals surface area (Å²) in [7, 11) is 3.01. The van der Waals surface area contributed by atoms with Crippen LogP contribution in [0.1, 0.15) is 0 Å². The quantitative estimate of drug-likeness (QED) is 0.708. The lowest BCUT2D eigenvalue weighted by Gasteiger charge is -2.28. The molecular formula is C14H21N5O4. The monoisotopic (exact) mass is 323 g/mol. The zero-order chi connectivity index (χ0) is 16.6. The highest BCUT2D eigenvalue weighted by Crippen LogP contribution is 2.07. The number of aliphatic hydroxyl groups excluding tert-OH is 1. The molecule has 1 fully saturated rings. The maximum Gasteiger partial charge on any atom is 0.332 e. The normalized spacial score (nSPS) is 17.7. The summed E-state index contributed by atoms with van der Waals surface area (Å²) in [5.41, 5.74) is -0.159. The molecule has 0 saturated carbocycles. The van der Waals surface area contributed by atoms with E-state index in [2.05, 4.69) is 9.88 Å². The Hall–Kier alpha value is -1.97. The molecule has 1 aliphatic rings. The third kappa shape index (κ3) is 2.94. The molecule has 9 nitrogen and oxygen atoms in total. The Balaban J connectivity index is 1.86. The van der Waals surface area contributed by atoms with Gasteiger partial charge >= 0.3 is 5.69 Å². The van der Waals surface area contributed by atoms with Crippen molar-refractivity contribution in [1.82, 2.24) is 23.6 Å².